The van der Waals surface area contributed by atoms with Crippen LogP contribution in [0.5, 0.6) is 0 Å². The maximum absolute atomic E-state index is 5.44. The lowest BCUT2D eigenvalue weighted by atomic mass is 9.96. The van der Waals surface area contributed by atoms with E-state index in [1.54, 1.807) is 0 Å². The molecule has 0 atom stereocenters. The van der Waals surface area contributed by atoms with Crippen LogP contribution in [0.3, 0.4) is 0 Å². The Kier molecular flexibility index (Phi) is 6.56. The minimum absolute atomic E-state index is 0.542. The summed E-state index contributed by atoms with van der Waals surface area (Å²) in [5, 5.41) is 7.49. The first kappa shape index (κ1) is 17.3. The summed E-state index contributed by atoms with van der Waals surface area (Å²) < 4.78 is 0. The first-order chi connectivity index (χ1) is 11.8. The zero-order valence-corrected chi connectivity index (χ0v) is 15.5. The van der Waals surface area contributed by atoms with Crippen LogP contribution in [0.25, 0.3) is 0 Å². The third-order valence-corrected chi connectivity index (χ3v) is 5.60. The lowest BCUT2D eigenvalue weighted by Gasteiger charge is -2.24. The van der Waals surface area contributed by atoms with Crippen molar-refractivity contribution in [2.24, 2.45) is 0 Å². The van der Waals surface area contributed by atoms with E-state index in [-0.39, 0.29) is 0 Å². The van der Waals surface area contributed by atoms with Crippen molar-refractivity contribution < 1.29 is 0 Å². The molecule has 0 spiro atoms. The van der Waals surface area contributed by atoms with Gasteiger partial charge in [0.25, 0.3) is 0 Å². The van der Waals surface area contributed by atoms with Gasteiger partial charge in [0.1, 0.15) is 0 Å². The highest BCUT2D eigenvalue weighted by Gasteiger charge is 2.13. The number of nitrogens with one attached hydrogen (secondary N) is 2. The summed E-state index contributed by atoms with van der Waals surface area (Å²) >= 11 is 7.30. The summed E-state index contributed by atoms with van der Waals surface area (Å²) in [6, 6.07) is 19.6. The van der Waals surface area contributed by atoms with E-state index in [0.29, 0.717) is 6.04 Å². The third kappa shape index (κ3) is 5.53. The topological polar surface area (TPSA) is 24.1 Å². The van der Waals surface area contributed by atoms with Gasteiger partial charge in [-0.05, 0) is 54.9 Å². The van der Waals surface area contributed by atoms with Crippen molar-refractivity contribution in [3.8, 4) is 0 Å². The van der Waals surface area contributed by atoms with Crippen LogP contribution in [0.1, 0.15) is 37.7 Å². The van der Waals surface area contributed by atoms with Crippen LogP contribution in [0, 0.1) is 0 Å². The molecule has 0 amide bonds. The smallest absolute Gasteiger partial charge is 0.170 e. The molecule has 0 radical (unpaired) electrons. The molecule has 1 aliphatic carbocycles. The molecule has 2 nitrogen and oxygen atoms in total. The number of thioether (sulfide) groups is 1. The van der Waals surface area contributed by atoms with Gasteiger partial charge in [0.15, 0.2) is 5.11 Å². The minimum atomic E-state index is 0.542. The molecule has 1 fully saturated rings. The first-order valence-corrected chi connectivity index (χ1v) is 10.0. The first-order valence-electron chi connectivity index (χ1n) is 8.64. The Labute approximate surface area is 154 Å². The Morgan fingerprint density at radius 1 is 0.958 bits per heavy atom. The summed E-state index contributed by atoms with van der Waals surface area (Å²) in [7, 11) is 0. The monoisotopic (exact) mass is 356 g/mol. The number of hydrogen-bond acceptors (Lipinski definition) is 2. The summed E-state index contributed by atoms with van der Waals surface area (Å²) in [6.45, 7) is 0. The van der Waals surface area contributed by atoms with Crippen molar-refractivity contribution in [2.45, 2.75) is 48.8 Å². The second-order valence-corrected chi connectivity index (χ2v) is 7.69. The minimum Gasteiger partial charge on any atom is -0.360 e. The molecule has 1 aliphatic rings. The van der Waals surface area contributed by atoms with Gasteiger partial charge in [0.05, 0.1) is 0 Å². The van der Waals surface area contributed by atoms with E-state index in [0.717, 1.165) is 16.6 Å². The van der Waals surface area contributed by atoms with Crippen LogP contribution in [-0.2, 0) is 5.75 Å². The molecule has 1 saturated carbocycles. The van der Waals surface area contributed by atoms with E-state index >= 15 is 0 Å². The summed E-state index contributed by atoms with van der Waals surface area (Å²) in [4.78, 5) is 1.30. The van der Waals surface area contributed by atoms with E-state index in [9.17, 15) is 0 Å². The van der Waals surface area contributed by atoms with Crippen molar-refractivity contribution in [3.63, 3.8) is 0 Å². The van der Waals surface area contributed by atoms with Crippen LogP contribution >= 0.6 is 24.0 Å². The number of anilines is 1. The fraction of sp³-hybridized carbons (Fsp3) is 0.350. The van der Waals surface area contributed by atoms with Crippen molar-refractivity contribution in [1.82, 2.24) is 5.32 Å². The molecule has 126 valence electrons. The highest BCUT2D eigenvalue weighted by Crippen LogP contribution is 2.23. The van der Waals surface area contributed by atoms with E-state index in [4.69, 9.17) is 12.2 Å². The molecule has 0 saturated heterocycles. The predicted molar refractivity (Wildman–Crippen MR) is 109 cm³/mol. The molecule has 0 unspecified atom stereocenters. The molecule has 0 aliphatic heterocycles. The Hall–Kier alpha value is -1.52. The standard InChI is InChI=1S/C20H24N2S2/c23-20(21-17-7-3-1-4-8-17)22-18-13-11-16(12-14-18)15-24-19-9-5-2-6-10-19/h2,5-6,9-14,17H,1,3-4,7-8,15H2,(H2,21,22,23). The molecular formula is C20H24N2S2. The van der Waals surface area contributed by atoms with Crippen LogP contribution < -0.4 is 10.6 Å². The van der Waals surface area contributed by atoms with Gasteiger partial charge in [-0.1, -0.05) is 49.6 Å². The largest absolute Gasteiger partial charge is 0.360 e. The lowest BCUT2D eigenvalue weighted by molar-refractivity contribution is 0.415. The second-order valence-electron chi connectivity index (χ2n) is 6.23. The van der Waals surface area contributed by atoms with Crippen LogP contribution in [-0.4, -0.2) is 11.2 Å². The average Bonchev–Trinajstić information content (AvgIpc) is 2.63. The van der Waals surface area contributed by atoms with Gasteiger partial charge in [-0.3, -0.25) is 0 Å². The molecule has 4 heteroatoms. The summed E-state index contributed by atoms with van der Waals surface area (Å²) in [5.41, 5.74) is 2.37. The quantitative estimate of drug-likeness (QED) is 0.538. The Morgan fingerprint density at radius 2 is 1.67 bits per heavy atom. The molecular weight excluding hydrogens is 332 g/mol. The SMILES string of the molecule is S=C(Nc1ccc(CSc2ccccc2)cc1)NC1CCCCC1. The van der Waals surface area contributed by atoms with Crippen LogP contribution in [0.4, 0.5) is 5.69 Å². The fourth-order valence-electron chi connectivity index (χ4n) is 2.97. The van der Waals surface area contributed by atoms with Gasteiger partial charge in [-0.15, -0.1) is 11.8 Å². The van der Waals surface area contributed by atoms with Gasteiger partial charge in [-0.2, -0.15) is 0 Å². The number of rotatable bonds is 5. The van der Waals surface area contributed by atoms with Gasteiger partial charge in [0, 0.05) is 22.4 Å². The maximum Gasteiger partial charge on any atom is 0.170 e. The van der Waals surface area contributed by atoms with E-state index < -0.39 is 0 Å². The van der Waals surface area contributed by atoms with E-state index in [1.807, 2.05) is 11.8 Å². The third-order valence-electron chi connectivity index (χ3n) is 4.30. The Balaban J connectivity index is 1.46. The van der Waals surface area contributed by atoms with Crippen molar-refractivity contribution in [3.05, 3.63) is 60.2 Å². The zero-order chi connectivity index (χ0) is 16.6. The normalized spacial score (nSPS) is 15.0. The molecule has 0 heterocycles. The zero-order valence-electron chi connectivity index (χ0n) is 13.8. The van der Waals surface area contributed by atoms with Gasteiger partial charge >= 0.3 is 0 Å². The summed E-state index contributed by atoms with van der Waals surface area (Å²) in [5.74, 6) is 0.981. The van der Waals surface area contributed by atoms with E-state index in [1.165, 1.54) is 42.6 Å². The number of hydrogen-bond donors (Lipinski definition) is 2. The molecule has 2 aromatic carbocycles. The lowest BCUT2D eigenvalue weighted by Crippen LogP contribution is -2.38. The highest BCUT2D eigenvalue weighted by molar-refractivity contribution is 7.98. The summed E-state index contributed by atoms with van der Waals surface area (Å²) in [6.07, 6.45) is 6.46. The fourth-order valence-corrected chi connectivity index (χ4v) is 4.13. The predicted octanol–water partition coefficient (Wildman–Crippen LogP) is 5.60. The molecule has 2 N–H and O–H groups in total. The van der Waals surface area contributed by atoms with Gasteiger partial charge in [0.2, 0.25) is 0 Å². The van der Waals surface area contributed by atoms with Crippen LogP contribution in [0.15, 0.2) is 59.5 Å². The molecule has 24 heavy (non-hydrogen) atoms. The number of benzene rings is 2. The van der Waals surface area contributed by atoms with Crippen LogP contribution in [0.2, 0.25) is 0 Å². The van der Waals surface area contributed by atoms with Gasteiger partial charge < -0.3 is 10.6 Å². The van der Waals surface area contributed by atoms with Gasteiger partial charge in [-0.25, -0.2) is 0 Å². The van der Waals surface area contributed by atoms with Crippen molar-refractivity contribution in [1.29, 1.82) is 0 Å². The van der Waals surface area contributed by atoms with Crippen molar-refractivity contribution in [2.75, 3.05) is 5.32 Å². The van der Waals surface area contributed by atoms with Crippen molar-refractivity contribution >= 4 is 34.8 Å². The van der Waals surface area contributed by atoms with E-state index in [2.05, 4.69) is 65.2 Å². The Bertz CT molecular complexity index is 634. The second kappa shape index (κ2) is 9.09. The highest BCUT2D eigenvalue weighted by atomic mass is 32.2. The molecule has 0 aromatic heterocycles. The molecule has 3 rings (SSSR count). The molecule has 2 aromatic rings. The number of thiocarbonyl (C=S) groups is 1. The Morgan fingerprint density at radius 3 is 2.38 bits per heavy atom. The average molecular weight is 357 g/mol. The molecule has 0 bridgehead atoms. The maximum atomic E-state index is 5.44.